The number of nitrogens with zero attached hydrogens (tertiary/aromatic N) is 2. The van der Waals surface area contributed by atoms with E-state index in [2.05, 4.69) is 0 Å². The Hall–Kier alpha value is -3.97. The van der Waals surface area contributed by atoms with Crippen molar-refractivity contribution in [3.05, 3.63) is 70.8 Å². The van der Waals surface area contributed by atoms with Gasteiger partial charge >= 0.3 is 11.9 Å². The Morgan fingerprint density at radius 1 is 1.09 bits per heavy atom. The molecule has 0 atom stereocenters. The number of ether oxygens (including phenoxy) is 3. The Labute approximate surface area is 188 Å². The van der Waals surface area contributed by atoms with E-state index in [0.717, 1.165) is 26.6 Å². The highest BCUT2D eigenvalue weighted by Crippen LogP contribution is 2.27. The zero-order chi connectivity index (χ0) is 24.2. The molecule has 1 aliphatic heterocycles. The number of methoxy groups -OCH3 is 2. The summed E-state index contributed by atoms with van der Waals surface area (Å²) < 4.78 is 42.2. The highest BCUT2D eigenvalue weighted by Gasteiger charge is 2.32. The van der Waals surface area contributed by atoms with Crippen molar-refractivity contribution in [2.45, 2.75) is 4.90 Å². The molecular weight excluding hydrogens is 458 g/mol. The maximum absolute atomic E-state index is 12.6. The first-order valence-corrected chi connectivity index (χ1v) is 10.8. The summed E-state index contributed by atoms with van der Waals surface area (Å²) in [6.45, 7) is -0.286. The van der Waals surface area contributed by atoms with E-state index in [1.54, 1.807) is 0 Å². The van der Waals surface area contributed by atoms with Crippen molar-refractivity contribution < 1.29 is 41.7 Å². The molecular formula is C20H19N3O9S. The Morgan fingerprint density at radius 3 is 2.36 bits per heavy atom. The third kappa shape index (κ3) is 5.10. The van der Waals surface area contributed by atoms with Gasteiger partial charge in [-0.2, -0.15) is 4.73 Å². The lowest BCUT2D eigenvalue weighted by Gasteiger charge is -2.31. The second-order valence-electron chi connectivity index (χ2n) is 6.60. The second-order valence-corrected chi connectivity index (χ2v) is 8.28. The standard InChI is InChI=1S/C20H19N3O9S/c1-30-19(25)16-11-32-12-23(17(16)20(26)31-2)14-5-7-15(8-6-14)33(28,29)21-18(24)13-4-3-9-22(27)10-13/h3-10H,11-12H2,1-2H3,(H,21,24). The maximum Gasteiger partial charge on any atom is 0.355 e. The Kier molecular flexibility index (Phi) is 6.94. The van der Waals surface area contributed by atoms with Gasteiger partial charge in [0.15, 0.2) is 12.4 Å². The Balaban J connectivity index is 1.89. The minimum atomic E-state index is -4.27. The fourth-order valence-corrected chi connectivity index (χ4v) is 3.96. The topological polar surface area (TPSA) is 155 Å². The van der Waals surface area contributed by atoms with E-state index in [9.17, 15) is 28.0 Å². The number of pyridine rings is 1. The van der Waals surface area contributed by atoms with E-state index in [0.29, 0.717) is 10.4 Å². The summed E-state index contributed by atoms with van der Waals surface area (Å²) in [4.78, 5) is 37.7. The minimum Gasteiger partial charge on any atom is -0.619 e. The molecule has 0 fully saturated rings. The summed E-state index contributed by atoms with van der Waals surface area (Å²) in [5.41, 5.74) is 0.0196. The van der Waals surface area contributed by atoms with Crippen molar-refractivity contribution in [3.8, 4) is 0 Å². The average Bonchev–Trinajstić information content (AvgIpc) is 2.82. The summed E-state index contributed by atoms with van der Waals surface area (Å²) in [6, 6.07) is 7.71. The molecule has 0 saturated heterocycles. The quantitative estimate of drug-likeness (QED) is 0.337. The molecule has 1 amide bonds. The minimum absolute atomic E-state index is 0.0574. The first kappa shape index (κ1) is 23.7. The van der Waals surface area contributed by atoms with Crippen LogP contribution < -0.4 is 14.4 Å². The number of hydrogen-bond acceptors (Lipinski definition) is 10. The number of anilines is 1. The van der Waals surface area contributed by atoms with Gasteiger partial charge in [0, 0.05) is 11.8 Å². The van der Waals surface area contributed by atoms with Crippen molar-refractivity contribution in [3.63, 3.8) is 0 Å². The number of hydrogen-bond donors (Lipinski definition) is 1. The molecule has 2 aromatic rings. The summed E-state index contributed by atoms with van der Waals surface area (Å²) in [6.07, 6.45) is 2.08. The Morgan fingerprint density at radius 2 is 1.76 bits per heavy atom. The van der Waals surface area contributed by atoms with E-state index < -0.39 is 27.9 Å². The monoisotopic (exact) mass is 477 g/mol. The van der Waals surface area contributed by atoms with Crippen LogP contribution in [0.25, 0.3) is 0 Å². The number of carbonyl (C=O) groups excluding carboxylic acids is 3. The number of carbonyl (C=O) groups is 3. The van der Waals surface area contributed by atoms with Crippen LogP contribution in [-0.4, -0.2) is 53.8 Å². The van der Waals surface area contributed by atoms with Gasteiger partial charge in [0.25, 0.3) is 15.9 Å². The van der Waals surface area contributed by atoms with Crippen LogP contribution in [0.2, 0.25) is 0 Å². The largest absolute Gasteiger partial charge is 0.619 e. The normalized spacial score (nSPS) is 13.9. The van der Waals surface area contributed by atoms with Crippen LogP contribution in [0.3, 0.4) is 0 Å². The fourth-order valence-electron chi connectivity index (χ4n) is 2.98. The average molecular weight is 477 g/mol. The van der Waals surface area contributed by atoms with Gasteiger partial charge in [-0.1, -0.05) is 0 Å². The molecule has 0 unspecified atom stereocenters. The summed E-state index contributed by atoms with van der Waals surface area (Å²) in [5, 5.41) is 11.3. The predicted octanol–water partition coefficient (Wildman–Crippen LogP) is -0.167. The third-order valence-corrected chi connectivity index (χ3v) is 5.90. The van der Waals surface area contributed by atoms with Crippen molar-refractivity contribution in [2.24, 2.45) is 0 Å². The summed E-state index contributed by atoms with van der Waals surface area (Å²) in [7, 11) is -1.96. The molecule has 0 bridgehead atoms. The van der Waals surface area contributed by atoms with E-state index in [-0.39, 0.29) is 35.1 Å². The number of aromatic nitrogens is 1. The number of rotatable bonds is 6. The first-order chi connectivity index (χ1) is 15.7. The molecule has 0 aliphatic carbocycles. The number of nitrogens with one attached hydrogen (secondary N) is 1. The Bertz CT molecular complexity index is 1220. The molecule has 13 heteroatoms. The first-order valence-electron chi connectivity index (χ1n) is 9.29. The van der Waals surface area contributed by atoms with Crippen LogP contribution >= 0.6 is 0 Å². The molecule has 33 heavy (non-hydrogen) atoms. The van der Waals surface area contributed by atoms with Crippen molar-refractivity contribution in [1.29, 1.82) is 0 Å². The molecule has 3 rings (SSSR count). The number of esters is 2. The molecule has 1 aliphatic rings. The zero-order valence-corrected chi connectivity index (χ0v) is 18.3. The van der Waals surface area contributed by atoms with Gasteiger partial charge in [-0.3, -0.25) is 4.79 Å². The van der Waals surface area contributed by atoms with Crippen LogP contribution in [0.4, 0.5) is 5.69 Å². The van der Waals surface area contributed by atoms with Gasteiger partial charge in [0.1, 0.15) is 18.0 Å². The molecule has 2 heterocycles. The van der Waals surface area contributed by atoms with Gasteiger partial charge in [-0.25, -0.2) is 22.7 Å². The van der Waals surface area contributed by atoms with Crippen LogP contribution in [0.5, 0.6) is 0 Å². The summed E-state index contributed by atoms with van der Waals surface area (Å²) in [5.74, 6) is -2.56. The van der Waals surface area contributed by atoms with Gasteiger partial charge in [-0.15, -0.1) is 0 Å². The van der Waals surface area contributed by atoms with Crippen molar-refractivity contribution >= 4 is 33.6 Å². The smallest absolute Gasteiger partial charge is 0.355 e. The number of sulfonamides is 1. The molecule has 0 spiro atoms. The second kappa shape index (κ2) is 9.67. The van der Waals surface area contributed by atoms with Gasteiger partial charge in [0.2, 0.25) is 0 Å². The van der Waals surface area contributed by atoms with Crippen molar-refractivity contribution in [2.75, 3.05) is 32.5 Å². The lowest BCUT2D eigenvalue weighted by molar-refractivity contribution is -0.605. The van der Waals surface area contributed by atoms with E-state index >= 15 is 0 Å². The SMILES string of the molecule is COC(=O)C1=C(C(=O)OC)N(c2ccc(S(=O)(=O)NC(=O)c3ccc[n+]([O-])c3)cc2)COC1. The van der Waals surface area contributed by atoms with Crippen LogP contribution in [-0.2, 0) is 33.8 Å². The molecule has 0 radical (unpaired) electrons. The van der Waals surface area contributed by atoms with Crippen LogP contribution in [0.1, 0.15) is 10.4 Å². The highest BCUT2D eigenvalue weighted by molar-refractivity contribution is 7.90. The number of amides is 1. The lowest BCUT2D eigenvalue weighted by Crippen LogP contribution is -2.38. The van der Waals surface area contributed by atoms with E-state index in [4.69, 9.17) is 14.2 Å². The lowest BCUT2D eigenvalue weighted by atomic mass is 10.1. The molecule has 1 aromatic heterocycles. The maximum atomic E-state index is 12.6. The van der Waals surface area contributed by atoms with Crippen LogP contribution in [0.15, 0.2) is 65.0 Å². The van der Waals surface area contributed by atoms with Gasteiger partial charge in [0.05, 0.1) is 31.3 Å². The van der Waals surface area contributed by atoms with Crippen LogP contribution in [0, 0.1) is 5.21 Å². The predicted molar refractivity (Wildman–Crippen MR) is 111 cm³/mol. The molecule has 174 valence electrons. The highest BCUT2D eigenvalue weighted by atomic mass is 32.2. The van der Waals surface area contributed by atoms with Crippen molar-refractivity contribution in [1.82, 2.24) is 4.72 Å². The number of benzene rings is 1. The molecule has 1 aromatic carbocycles. The molecule has 0 saturated carbocycles. The fraction of sp³-hybridized carbons (Fsp3) is 0.200. The summed E-state index contributed by atoms with van der Waals surface area (Å²) >= 11 is 0. The van der Waals surface area contributed by atoms with E-state index in [1.165, 1.54) is 41.3 Å². The van der Waals surface area contributed by atoms with E-state index in [1.807, 2.05) is 4.72 Å². The molecule has 12 nitrogen and oxygen atoms in total. The third-order valence-electron chi connectivity index (χ3n) is 4.56. The molecule has 1 N–H and O–H groups in total. The zero-order valence-electron chi connectivity index (χ0n) is 17.5. The van der Waals surface area contributed by atoms with Gasteiger partial charge < -0.3 is 24.3 Å². The van der Waals surface area contributed by atoms with Gasteiger partial charge in [-0.05, 0) is 30.3 Å².